The molecule has 0 fully saturated rings. The highest BCUT2D eigenvalue weighted by Crippen LogP contribution is 2.37. The molecule has 0 saturated heterocycles. The zero-order chi connectivity index (χ0) is 29.6. The number of nitrogens with one attached hydrogen (secondary N) is 2. The van der Waals surface area contributed by atoms with Gasteiger partial charge >= 0.3 is 11.9 Å². The summed E-state index contributed by atoms with van der Waals surface area (Å²) >= 11 is 2.44. The molecule has 0 aliphatic heterocycles. The Morgan fingerprint density at radius 1 is 0.548 bits per heavy atom. The van der Waals surface area contributed by atoms with Crippen LogP contribution in [0.3, 0.4) is 0 Å². The number of anilines is 2. The molecule has 0 atom stereocenters. The number of esters is 2. The Morgan fingerprint density at radius 2 is 0.905 bits per heavy atom. The summed E-state index contributed by atoms with van der Waals surface area (Å²) in [7, 11) is 2.58. The van der Waals surface area contributed by atoms with E-state index in [2.05, 4.69) is 10.6 Å². The smallest absolute Gasteiger partial charge is 0.341 e. The van der Waals surface area contributed by atoms with Gasteiger partial charge in [0.15, 0.2) is 0 Å². The van der Waals surface area contributed by atoms with Gasteiger partial charge in [-0.15, -0.1) is 22.7 Å². The van der Waals surface area contributed by atoms with Crippen LogP contribution >= 0.6 is 22.7 Å². The van der Waals surface area contributed by atoms with Crippen LogP contribution in [-0.4, -0.2) is 38.0 Å². The molecule has 5 rings (SSSR count). The maximum atomic E-state index is 13.1. The quantitative estimate of drug-likeness (QED) is 0.183. The van der Waals surface area contributed by atoms with E-state index < -0.39 is 23.8 Å². The molecule has 8 nitrogen and oxygen atoms in total. The number of carbonyl (C=O) groups excluding carboxylic acids is 4. The second-order valence-electron chi connectivity index (χ2n) is 8.91. The van der Waals surface area contributed by atoms with Gasteiger partial charge in [-0.1, -0.05) is 60.7 Å². The molecule has 42 heavy (non-hydrogen) atoms. The first-order chi connectivity index (χ1) is 20.4. The lowest BCUT2D eigenvalue weighted by atomic mass is 10.0. The van der Waals surface area contributed by atoms with E-state index in [4.69, 9.17) is 9.47 Å². The highest BCUT2D eigenvalue weighted by atomic mass is 32.1. The molecule has 5 aromatic rings. The van der Waals surface area contributed by atoms with Crippen molar-refractivity contribution in [1.82, 2.24) is 0 Å². The average Bonchev–Trinajstić information content (AvgIpc) is 3.65. The topological polar surface area (TPSA) is 111 Å². The van der Waals surface area contributed by atoms with Crippen LogP contribution in [0.5, 0.6) is 0 Å². The lowest BCUT2D eigenvalue weighted by Crippen LogP contribution is -2.16. The van der Waals surface area contributed by atoms with Gasteiger partial charge in [0.2, 0.25) is 0 Å². The molecule has 0 unspecified atom stereocenters. The third-order valence-corrected chi connectivity index (χ3v) is 8.18. The third-order valence-electron chi connectivity index (χ3n) is 6.39. The molecule has 10 heteroatoms. The lowest BCUT2D eigenvalue weighted by molar-refractivity contribution is 0.0594. The Kier molecular flexibility index (Phi) is 8.56. The van der Waals surface area contributed by atoms with Crippen LogP contribution in [0.4, 0.5) is 10.0 Å². The molecule has 210 valence electrons. The van der Waals surface area contributed by atoms with Crippen LogP contribution in [0.1, 0.15) is 41.4 Å². The van der Waals surface area contributed by atoms with Gasteiger partial charge in [0.05, 0.1) is 14.2 Å². The molecule has 0 saturated carbocycles. The highest BCUT2D eigenvalue weighted by molar-refractivity contribution is 7.15. The number of rotatable bonds is 8. The fourth-order valence-electron chi connectivity index (χ4n) is 4.29. The van der Waals surface area contributed by atoms with Crippen LogP contribution in [0.15, 0.2) is 95.7 Å². The molecule has 0 spiro atoms. The molecule has 0 aliphatic rings. The minimum absolute atomic E-state index is 0.269. The zero-order valence-corrected chi connectivity index (χ0v) is 24.1. The minimum Gasteiger partial charge on any atom is -0.465 e. The van der Waals surface area contributed by atoms with E-state index in [1.165, 1.54) is 61.2 Å². The van der Waals surface area contributed by atoms with Crippen molar-refractivity contribution in [2.75, 3.05) is 24.9 Å². The van der Waals surface area contributed by atoms with Gasteiger partial charge < -0.3 is 20.1 Å². The van der Waals surface area contributed by atoms with Gasteiger partial charge in [-0.05, 0) is 35.4 Å². The number of carbonyl (C=O) groups is 4. The van der Waals surface area contributed by atoms with Crippen LogP contribution < -0.4 is 10.6 Å². The molecular weight excluding hydrogens is 572 g/mol. The largest absolute Gasteiger partial charge is 0.465 e. The summed E-state index contributed by atoms with van der Waals surface area (Å²) in [5.41, 5.74) is 4.07. The Morgan fingerprint density at radius 3 is 1.24 bits per heavy atom. The first kappa shape index (κ1) is 28.5. The summed E-state index contributed by atoms with van der Waals surface area (Å²) in [6.45, 7) is 0. The standard InChI is InChI=1S/C32H24N2O6S2/c1-39-31(37)25-23(19-9-5-3-6-10-19)17-41-29(25)33-27(35)21-13-15-22(16-14-21)28(36)34-30-26(32(38)40-2)24(18-42-30)20-11-7-4-8-12-20/h3-18H,1-2H3,(H,33,35)(H,34,36). The third kappa shape index (κ3) is 5.85. The SMILES string of the molecule is COC(=O)c1c(-c2ccccc2)csc1NC(=O)c1ccc(C(=O)Nc2scc(-c3ccccc3)c2C(=O)OC)cc1. The van der Waals surface area contributed by atoms with Crippen molar-refractivity contribution in [2.24, 2.45) is 0 Å². The number of amides is 2. The number of methoxy groups -OCH3 is 2. The summed E-state index contributed by atoms with van der Waals surface area (Å²) in [6, 6.07) is 24.7. The summed E-state index contributed by atoms with van der Waals surface area (Å²) in [5, 5.41) is 9.89. The second kappa shape index (κ2) is 12.6. The van der Waals surface area contributed by atoms with Crippen LogP contribution in [-0.2, 0) is 9.47 Å². The summed E-state index contributed by atoms with van der Waals surface area (Å²) < 4.78 is 9.95. The molecule has 2 amide bonds. The Labute approximate surface area is 249 Å². The van der Waals surface area contributed by atoms with Crippen molar-refractivity contribution in [1.29, 1.82) is 0 Å². The summed E-state index contributed by atoms with van der Waals surface area (Å²) in [5.74, 6) is -2.03. The van der Waals surface area contributed by atoms with Crippen molar-refractivity contribution in [3.8, 4) is 22.3 Å². The van der Waals surface area contributed by atoms with Crippen molar-refractivity contribution in [3.63, 3.8) is 0 Å². The first-order valence-corrected chi connectivity index (χ1v) is 14.4. The van der Waals surface area contributed by atoms with E-state index >= 15 is 0 Å². The minimum atomic E-state index is -0.562. The predicted octanol–water partition coefficient (Wildman–Crippen LogP) is 7.22. The number of hydrogen-bond donors (Lipinski definition) is 2. The first-order valence-electron chi connectivity index (χ1n) is 12.6. The maximum Gasteiger partial charge on any atom is 0.341 e. The van der Waals surface area contributed by atoms with Crippen molar-refractivity contribution in [2.45, 2.75) is 0 Å². The van der Waals surface area contributed by atoms with Gasteiger partial charge in [0, 0.05) is 33.0 Å². The Hall–Kier alpha value is -5.06. The van der Waals surface area contributed by atoms with Gasteiger partial charge in [-0.3, -0.25) is 9.59 Å². The fourth-order valence-corrected chi connectivity index (χ4v) is 6.20. The second-order valence-corrected chi connectivity index (χ2v) is 10.7. The maximum absolute atomic E-state index is 13.1. The van der Waals surface area contributed by atoms with Crippen molar-refractivity contribution < 1.29 is 28.7 Å². The van der Waals surface area contributed by atoms with Gasteiger partial charge in [-0.2, -0.15) is 0 Å². The van der Waals surface area contributed by atoms with E-state index in [-0.39, 0.29) is 22.3 Å². The monoisotopic (exact) mass is 596 g/mol. The molecule has 0 bridgehead atoms. The van der Waals surface area contributed by atoms with E-state index in [1.54, 1.807) is 10.8 Å². The number of hydrogen-bond acceptors (Lipinski definition) is 8. The van der Waals surface area contributed by atoms with E-state index in [9.17, 15) is 19.2 Å². The molecule has 3 aromatic carbocycles. The fraction of sp³-hybridized carbons (Fsp3) is 0.0625. The van der Waals surface area contributed by atoms with E-state index in [0.717, 1.165) is 11.1 Å². The van der Waals surface area contributed by atoms with E-state index in [0.29, 0.717) is 21.1 Å². The predicted molar refractivity (Wildman–Crippen MR) is 165 cm³/mol. The molecule has 2 aromatic heterocycles. The van der Waals surface area contributed by atoms with Gasteiger partial charge in [-0.25, -0.2) is 9.59 Å². The molecular formula is C32H24N2O6S2. The zero-order valence-electron chi connectivity index (χ0n) is 22.5. The lowest BCUT2D eigenvalue weighted by Gasteiger charge is -2.09. The van der Waals surface area contributed by atoms with Gasteiger partial charge in [0.25, 0.3) is 11.8 Å². The average molecular weight is 597 g/mol. The van der Waals surface area contributed by atoms with Crippen LogP contribution in [0.25, 0.3) is 22.3 Å². The highest BCUT2D eigenvalue weighted by Gasteiger charge is 2.24. The molecule has 0 radical (unpaired) electrons. The summed E-state index contributed by atoms with van der Waals surface area (Å²) in [6.07, 6.45) is 0. The number of ether oxygens (including phenoxy) is 2. The Balaban J connectivity index is 1.34. The van der Waals surface area contributed by atoms with Crippen molar-refractivity contribution in [3.05, 3.63) is 118 Å². The molecule has 0 aliphatic carbocycles. The summed E-state index contributed by atoms with van der Waals surface area (Å²) in [4.78, 5) is 51.4. The number of thiophene rings is 2. The van der Waals surface area contributed by atoms with E-state index in [1.807, 2.05) is 60.7 Å². The molecule has 2 heterocycles. The number of benzene rings is 3. The van der Waals surface area contributed by atoms with Crippen LogP contribution in [0, 0.1) is 0 Å². The van der Waals surface area contributed by atoms with Gasteiger partial charge in [0.1, 0.15) is 21.1 Å². The Bertz CT molecular complexity index is 1630. The van der Waals surface area contributed by atoms with Crippen molar-refractivity contribution >= 4 is 56.4 Å². The van der Waals surface area contributed by atoms with Crippen LogP contribution in [0.2, 0.25) is 0 Å². The molecule has 2 N–H and O–H groups in total. The normalized spacial score (nSPS) is 10.5.